The lowest BCUT2D eigenvalue weighted by molar-refractivity contribution is 0.350. The van der Waals surface area contributed by atoms with Crippen LogP contribution in [0.2, 0.25) is 0 Å². The highest BCUT2D eigenvalue weighted by molar-refractivity contribution is 7.92. The number of aryl methyl sites for hydroxylation is 2. The van der Waals surface area contributed by atoms with Crippen LogP contribution < -0.4 is 4.72 Å². The first-order chi connectivity index (χ1) is 9.92. The number of benzene rings is 1. The minimum Gasteiger partial charge on any atom is -0.384 e. The van der Waals surface area contributed by atoms with Gasteiger partial charge in [-0.15, -0.1) is 0 Å². The summed E-state index contributed by atoms with van der Waals surface area (Å²) in [5.74, 6) is 5.29. The summed E-state index contributed by atoms with van der Waals surface area (Å²) in [7, 11) is -3.70. The summed E-state index contributed by atoms with van der Waals surface area (Å²) in [6.07, 6.45) is 1.26. The molecule has 2 rings (SSSR count). The van der Waals surface area contributed by atoms with Gasteiger partial charge in [0, 0.05) is 5.56 Å². The van der Waals surface area contributed by atoms with Crippen LogP contribution in [0.3, 0.4) is 0 Å². The minimum atomic E-state index is -3.70. The molecule has 0 saturated carbocycles. The standard InChI is InChI=1S/C14H15N3O3S/c1-10-6-12(4-3-5-18)8-13(7-10)17-21(19,20)14-9-15-16-11(14)2/h6-9,17-18H,5H2,1-2H3,(H,15,16). The lowest BCUT2D eigenvalue weighted by atomic mass is 10.1. The van der Waals surface area contributed by atoms with Crippen molar-refractivity contribution in [3.8, 4) is 11.8 Å². The van der Waals surface area contributed by atoms with Gasteiger partial charge in [0.1, 0.15) is 11.5 Å². The summed E-state index contributed by atoms with van der Waals surface area (Å²) < 4.78 is 27.0. The molecule has 7 heteroatoms. The van der Waals surface area contributed by atoms with Crippen molar-refractivity contribution in [2.75, 3.05) is 11.3 Å². The van der Waals surface area contributed by atoms with Crippen LogP contribution in [0.1, 0.15) is 16.8 Å². The SMILES string of the molecule is Cc1cc(C#CCO)cc(NS(=O)(=O)c2cn[nH]c2C)c1. The van der Waals surface area contributed by atoms with Crippen molar-refractivity contribution in [2.24, 2.45) is 0 Å². The summed E-state index contributed by atoms with van der Waals surface area (Å²) in [5, 5.41) is 15.0. The van der Waals surface area contributed by atoms with Crippen LogP contribution in [-0.4, -0.2) is 30.3 Å². The molecule has 0 aliphatic heterocycles. The Kier molecular flexibility index (Phi) is 4.31. The number of hydrogen-bond donors (Lipinski definition) is 3. The summed E-state index contributed by atoms with van der Waals surface area (Å²) >= 11 is 0. The van der Waals surface area contributed by atoms with E-state index in [1.54, 1.807) is 19.1 Å². The Morgan fingerprint density at radius 3 is 2.71 bits per heavy atom. The maximum absolute atomic E-state index is 12.3. The number of anilines is 1. The second-order valence-corrected chi connectivity index (χ2v) is 6.16. The van der Waals surface area contributed by atoms with E-state index in [9.17, 15) is 8.42 Å². The molecule has 1 aromatic heterocycles. The molecule has 0 fully saturated rings. The van der Waals surface area contributed by atoms with Gasteiger partial charge in [0.15, 0.2) is 0 Å². The van der Waals surface area contributed by atoms with Gasteiger partial charge in [0.25, 0.3) is 10.0 Å². The van der Waals surface area contributed by atoms with Gasteiger partial charge in [0.05, 0.1) is 17.6 Å². The number of aliphatic hydroxyl groups is 1. The summed E-state index contributed by atoms with van der Waals surface area (Å²) in [4.78, 5) is 0.104. The van der Waals surface area contributed by atoms with E-state index in [4.69, 9.17) is 5.11 Å². The minimum absolute atomic E-state index is 0.104. The maximum atomic E-state index is 12.3. The Labute approximate surface area is 123 Å². The first-order valence-electron chi connectivity index (χ1n) is 6.16. The molecule has 0 amide bonds. The largest absolute Gasteiger partial charge is 0.384 e. The molecule has 0 aliphatic rings. The number of aromatic amines is 1. The Morgan fingerprint density at radius 2 is 2.10 bits per heavy atom. The third-order valence-corrected chi connectivity index (χ3v) is 4.21. The van der Waals surface area contributed by atoms with Gasteiger partial charge in [-0.05, 0) is 37.6 Å². The molecule has 0 saturated heterocycles. The lowest BCUT2D eigenvalue weighted by Crippen LogP contribution is -2.13. The number of rotatable bonds is 3. The van der Waals surface area contributed by atoms with E-state index in [2.05, 4.69) is 26.8 Å². The summed E-state index contributed by atoms with van der Waals surface area (Å²) in [6, 6.07) is 5.13. The topological polar surface area (TPSA) is 95.1 Å². The molecule has 0 unspecified atom stereocenters. The number of sulfonamides is 1. The molecule has 1 heterocycles. The molecule has 0 bridgehead atoms. The predicted molar refractivity (Wildman–Crippen MR) is 79.3 cm³/mol. The van der Waals surface area contributed by atoms with E-state index < -0.39 is 10.0 Å². The van der Waals surface area contributed by atoms with Crippen molar-refractivity contribution in [3.63, 3.8) is 0 Å². The average Bonchev–Trinajstić information content (AvgIpc) is 2.82. The number of nitrogens with zero attached hydrogens (tertiary/aromatic N) is 1. The third-order valence-electron chi connectivity index (χ3n) is 2.71. The number of H-pyrrole nitrogens is 1. The fourth-order valence-corrected chi connectivity index (χ4v) is 3.05. The van der Waals surface area contributed by atoms with Gasteiger partial charge in [-0.3, -0.25) is 9.82 Å². The van der Waals surface area contributed by atoms with E-state index in [1.165, 1.54) is 6.20 Å². The lowest BCUT2D eigenvalue weighted by Gasteiger charge is -2.08. The molecule has 1 aromatic carbocycles. The molecular weight excluding hydrogens is 290 g/mol. The molecule has 3 N–H and O–H groups in total. The van der Waals surface area contributed by atoms with Gasteiger partial charge in [-0.25, -0.2) is 8.42 Å². The molecule has 0 atom stereocenters. The van der Waals surface area contributed by atoms with Crippen molar-refractivity contribution in [3.05, 3.63) is 41.2 Å². The number of hydrogen-bond acceptors (Lipinski definition) is 4. The average molecular weight is 305 g/mol. The number of nitrogens with one attached hydrogen (secondary N) is 2. The van der Waals surface area contributed by atoms with Gasteiger partial charge in [0.2, 0.25) is 0 Å². The van der Waals surface area contributed by atoms with Gasteiger partial charge < -0.3 is 5.11 Å². The highest BCUT2D eigenvalue weighted by Gasteiger charge is 2.18. The quantitative estimate of drug-likeness (QED) is 0.742. The molecule has 2 aromatic rings. The van der Waals surface area contributed by atoms with Crippen molar-refractivity contribution >= 4 is 15.7 Å². The number of aromatic nitrogens is 2. The van der Waals surface area contributed by atoms with Crippen LogP contribution in [0, 0.1) is 25.7 Å². The fraction of sp³-hybridized carbons (Fsp3) is 0.214. The Bertz CT molecular complexity index is 813. The van der Waals surface area contributed by atoms with Crippen LogP contribution in [-0.2, 0) is 10.0 Å². The summed E-state index contributed by atoms with van der Waals surface area (Å²) in [6.45, 7) is 3.23. The third kappa shape index (κ3) is 3.62. The Hall–Kier alpha value is -2.30. The van der Waals surface area contributed by atoms with E-state index in [1.807, 2.05) is 13.0 Å². The zero-order chi connectivity index (χ0) is 15.5. The molecule has 0 radical (unpaired) electrons. The van der Waals surface area contributed by atoms with E-state index in [0.717, 1.165) is 5.56 Å². The number of aliphatic hydroxyl groups excluding tert-OH is 1. The Morgan fingerprint density at radius 1 is 1.33 bits per heavy atom. The smallest absolute Gasteiger partial charge is 0.265 e. The highest BCUT2D eigenvalue weighted by Crippen LogP contribution is 2.20. The first kappa shape index (κ1) is 15.1. The van der Waals surface area contributed by atoms with Crippen LogP contribution in [0.4, 0.5) is 5.69 Å². The van der Waals surface area contributed by atoms with Crippen molar-refractivity contribution in [1.29, 1.82) is 0 Å². The van der Waals surface area contributed by atoms with Crippen molar-refractivity contribution < 1.29 is 13.5 Å². The van der Waals surface area contributed by atoms with E-state index in [-0.39, 0.29) is 11.5 Å². The molecule has 0 aliphatic carbocycles. The predicted octanol–water partition coefficient (Wildman–Crippen LogP) is 1.17. The molecule has 110 valence electrons. The van der Waals surface area contributed by atoms with Crippen LogP contribution in [0.5, 0.6) is 0 Å². The maximum Gasteiger partial charge on any atom is 0.265 e. The highest BCUT2D eigenvalue weighted by atomic mass is 32.2. The second kappa shape index (κ2) is 5.99. The van der Waals surface area contributed by atoms with Crippen molar-refractivity contribution in [1.82, 2.24) is 10.2 Å². The van der Waals surface area contributed by atoms with Gasteiger partial charge in [-0.1, -0.05) is 11.8 Å². The molecule has 21 heavy (non-hydrogen) atoms. The van der Waals surface area contributed by atoms with Crippen LogP contribution in [0.25, 0.3) is 0 Å². The first-order valence-corrected chi connectivity index (χ1v) is 7.65. The van der Waals surface area contributed by atoms with E-state index in [0.29, 0.717) is 16.9 Å². The zero-order valence-electron chi connectivity index (χ0n) is 11.6. The van der Waals surface area contributed by atoms with Crippen LogP contribution in [0.15, 0.2) is 29.3 Å². The fourth-order valence-electron chi connectivity index (χ4n) is 1.88. The van der Waals surface area contributed by atoms with Gasteiger partial charge >= 0.3 is 0 Å². The van der Waals surface area contributed by atoms with Crippen molar-refractivity contribution in [2.45, 2.75) is 18.7 Å². The van der Waals surface area contributed by atoms with Gasteiger partial charge in [-0.2, -0.15) is 5.10 Å². The van der Waals surface area contributed by atoms with E-state index >= 15 is 0 Å². The molecule has 0 spiro atoms. The second-order valence-electron chi connectivity index (χ2n) is 4.51. The summed E-state index contributed by atoms with van der Waals surface area (Å²) in [5.41, 5.74) is 2.38. The van der Waals surface area contributed by atoms with Crippen LogP contribution >= 0.6 is 0 Å². The molecular formula is C14H15N3O3S. The zero-order valence-corrected chi connectivity index (χ0v) is 12.5. The normalized spacial score (nSPS) is 10.8. The molecule has 6 nitrogen and oxygen atoms in total. The monoisotopic (exact) mass is 305 g/mol. The Balaban J connectivity index is 2.36.